The fourth-order valence-corrected chi connectivity index (χ4v) is 2.45. The summed E-state index contributed by atoms with van der Waals surface area (Å²) in [7, 11) is 0. The molecule has 2 rings (SSSR count). The van der Waals surface area contributed by atoms with Gasteiger partial charge in [-0.3, -0.25) is 9.59 Å². The van der Waals surface area contributed by atoms with Crippen molar-refractivity contribution in [2.75, 3.05) is 0 Å². The van der Waals surface area contributed by atoms with Crippen LogP contribution in [-0.4, -0.2) is 11.8 Å². The number of nitrogens with zero attached hydrogens (tertiary/aromatic N) is 1. The molecule has 25 heavy (non-hydrogen) atoms. The Morgan fingerprint density at radius 3 is 1.12 bits per heavy atom. The van der Waals surface area contributed by atoms with Crippen molar-refractivity contribution >= 4 is 11.8 Å². The molecule has 2 aromatic carbocycles. The van der Waals surface area contributed by atoms with E-state index in [2.05, 4.69) is 46.9 Å². The monoisotopic (exact) mass is 336 g/mol. The van der Waals surface area contributed by atoms with Crippen molar-refractivity contribution in [3.8, 4) is 0 Å². The summed E-state index contributed by atoms with van der Waals surface area (Å²) in [5.74, 6) is -1.02. The second kappa shape index (κ2) is 6.83. The van der Waals surface area contributed by atoms with Crippen molar-refractivity contribution in [1.29, 1.82) is 0 Å². The fraction of sp³-hybridized carbons (Fsp3) is 0.364. The minimum atomic E-state index is -0.509. The average molecular weight is 336 g/mol. The molecule has 0 spiro atoms. The molecule has 0 aliphatic carbocycles. The minimum absolute atomic E-state index is 0.0172. The molecule has 0 unspecified atom stereocenters. The molecule has 2 aromatic rings. The first-order valence-electron chi connectivity index (χ1n) is 8.50. The second-order valence-electron chi connectivity index (χ2n) is 8.38. The summed E-state index contributed by atoms with van der Waals surface area (Å²) < 4.78 is 0. The largest absolute Gasteiger partial charge is 0.280 e. The van der Waals surface area contributed by atoms with Gasteiger partial charge in [0.2, 0.25) is 0 Å². The van der Waals surface area contributed by atoms with Crippen LogP contribution in [0.2, 0.25) is 0 Å². The predicted molar refractivity (Wildman–Crippen MR) is 101 cm³/mol. The lowest BCUT2D eigenvalue weighted by Crippen LogP contribution is -2.23. The van der Waals surface area contributed by atoms with E-state index in [-0.39, 0.29) is 10.8 Å². The molecule has 1 radical (unpaired) electrons. The van der Waals surface area contributed by atoms with E-state index in [4.69, 9.17) is 0 Å². The van der Waals surface area contributed by atoms with Crippen molar-refractivity contribution in [1.82, 2.24) is 5.32 Å². The lowest BCUT2D eigenvalue weighted by Gasteiger charge is -2.19. The van der Waals surface area contributed by atoms with E-state index < -0.39 is 11.8 Å². The van der Waals surface area contributed by atoms with E-state index in [9.17, 15) is 9.59 Å². The van der Waals surface area contributed by atoms with E-state index in [0.717, 1.165) is 11.1 Å². The lowest BCUT2D eigenvalue weighted by atomic mass is 9.86. The summed E-state index contributed by atoms with van der Waals surface area (Å²) >= 11 is 0. The summed E-state index contributed by atoms with van der Waals surface area (Å²) in [6, 6.07) is 14.5. The Morgan fingerprint density at radius 1 is 0.600 bits per heavy atom. The molecule has 0 N–H and O–H groups in total. The lowest BCUT2D eigenvalue weighted by molar-refractivity contribution is 0.0842. The third kappa shape index (κ3) is 4.79. The SMILES string of the molecule is CC(C)(C)c1ccc(C(=O)[N]C(=O)c2ccc(C(C)(C)C)cc2)cc1. The molecular weight excluding hydrogens is 310 g/mol. The highest BCUT2D eigenvalue weighted by molar-refractivity contribution is 6.10. The zero-order chi connectivity index (χ0) is 18.8. The quantitative estimate of drug-likeness (QED) is 0.735. The zero-order valence-electron chi connectivity index (χ0n) is 15.9. The molecule has 0 atom stereocenters. The third-order valence-corrected chi connectivity index (χ3v) is 4.20. The summed E-state index contributed by atoms with van der Waals surface area (Å²) in [4.78, 5) is 24.5. The molecule has 0 bridgehead atoms. The van der Waals surface area contributed by atoms with Crippen LogP contribution in [0.15, 0.2) is 48.5 Å². The number of carbonyl (C=O) groups excluding carboxylic acids is 2. The van der Waals surface area contributed by atoms with Crippen molar-refractivity contribution in [3.63, 3.8) is 0 Å². The molecule has 2 amide bonds. The Hall–Kier alpha value is -2.42. The predicted octanol–water partition coefficient (Wildman–Crippen LogP) is 4.87. The van der Waals surface area contributed by atoms with E-state index in [1.54, 1.807) is 24.3 Å². The minimum Gasteiger partial charge on any atom is -0.267 e. The zero-order valence-corrected chi connectivity index (χ0v) is 15.9. The highest BCUT2D eigenvalue weighted by Crippen LogP contribution is 2.23. The van der Waals surface area contributed by atoms with Gasteiger partial charge in [0.1, 0.15) is 0 Å². The Kier molecular flexibility index (Phi) is 5.17. The summed E-state index contributed by atoms with van der Waals surface area (Å²) in [5.41, 5.74) is 3.15. The number of imide groups is 1. The van der Waals surface area contributed by atoms with E-state index >= 15 is 0 Å². The van der Waals surface area contributed by atoms with Crippen LogP contribution in [0.1, 0.15) is 73.4 Å². The summed E-state index contributed by atoms with van der Waals surface area (Å²) in [6.45, 7) is 12.7. The second-order valence-corrected chi connectivity index (χ2v) is 8.38. The Morgan fingerprint density at radius 2 is 0.880 bits per heavy atom. The van der Waals surface area contributed by atoms with Crippen LogP contribution in [0.4, 0.5) is 0 Å². The van der Waals surface area contributed by atoms with Crippen LogP contribution in [0.5, 0.6) is 0 Å². The first-order chi connectivity index (χ1) is 11.5. The van der Waals surface area contributed by atoms with Gasteiger partial charge >= 0.3 is 0 Å². The number of hydrogen-bond acceptors (Lipinski definition) is 2. The van der Waals surface area contributed by atoms with Gasteiger partial charge in [-0.1, -0.05) is 65.8 Å². The molecule has 0 heterocycles. The average Bonchev–Trinajstić information content (AvgIpc) is 2.53. The smallest absolute Gasteiger partial charge is 0.267 e. The molecule has 3 nitrogen and oxygen atoms in total. The maximum Gasteiger partial charge on any atom is 0.280 e. The van der Waals surface area contributed by atoms with E-state index in [0.29, 0.717) is 11.1 Å². The van der Waals surface area contributed by atoms with Crippen LogP contribution in [0, 0.1) is 0 Å². The van der Waals surface area contributed by atoms with Gasteiger partial charge in [0, 0.05) is 11.1 Å². The fourth-order valence-electron chi connectivity index (χ4n) is 2.45. The van der Waals surface area contributed by atoms with Gasteiger partial charge in [0.15, 0.2) is 0 Å². The van der Waals surface area contributed by atoms with E-state index in [1.807, 2.05) is 24.3 Å². The van der Waals surface area contributed by atoms with Crippen molar-refractivity contribution in [2.45, 2.75) is 52.4 Å². The normalized spacial score (nSPS) is 11.9. The van der Waals surface area contributed by atoms with Crippen LogP contribution >= 0.6 is 0 Å². The Labute approximate surface area is 150 Å². The Balaban J connectivity index is 2.08. The van der Waals surface area contributed by atoms with Gasteiger partial charge in [-0.05, 0) is 46.2 Å². The molecule has 0 aliphatic rings. The van der Waals surface area contributed by atoms with Crippen LogP contribution in [0.3, 0.4) is 0 Å². The topological polar surface area (TPSA) is 48.2 Å². The van der Waals surface area contributed by atoms with Crippen LogP contribution in [-0.2, 0) is 10.8 Å². The van der Waals surface area contributed by atoms with E-state index in [1.165, 1.54) is 0 Å². The van der Waals surface area contributed by atoms with Gasteiger partial charge in [-0.15, -0.1) is 0 Å². The molecule has 0 aromatic heterocycles. The van der Waals surface area contributed by atoms with Crippen LogP contribution < -0.4 is 5.32 Å². The molecule has 131 valence electrons. The first kappa shape index (κ1) is 18.9. The number of amides is 2. The number of rotatable bonds is 2. The molecular formula is C22H26NO2. The van der Waals surface area contributed by atoms with Crippen molar-refractivity contribution in [2.24, 2.45) is 0 Å². The first-order valence-corrected chi connectivity index (χ1v) is 8.50. The van der Waals surface area contributed by atoms with Gasteiger partial charge in [-0.25, -0.2) is 0 Å². The third-order valence-electron chi connectivity index (χ3n) is 4.20. The molecule has 3 heteroatoms. The maximum absolute atomic E-state index is 12.2. The van der Waals surface area contributed by atoms with Crippen molar-refractivity contribution in [3.05, 3.63) is 70.8 Å². The van der Waals surface area contributed by atoms with Gasteiger partial charge in [-0.2, -0.15) is 5.32 Å². The standard InChI is InChI=1S/C22H26NO2/c1-21(2,3)17-11-7-15(8-12-17)19(24)23-20(25)16-9-13-18(14-10-16)22(4,5)6/h7-14H,1-6H3. The number of benzene rings is 2. The maximum atomic E-state index is 12.2. The van der Waals surface area contributed by atoms with Gasteiger partial charge in [0.25, 0.3) is 11.8 Å². The molecule has 0 saturated carbocycles. The van der Waals surface area contributed by atoms with Gasteiger partial charge in [0.05, 0.1) is 0 Å². The van der Waals surface area contributed by atoms with Crippen molar-refractivity contribution < 1.29 is 9.59 Å². The number of carbonyl (C=O) groups is 2. The molecule has 0 saturated heterocycles. The molecule has 0 aliphatic heterocycles. The summed E-state index contributed by atoms with van der Waals surface area (Å²) in [5, 5.41) is 3.72. The summed E-state index contributed by atoms with van der Waals surface area (Å²) in [6.07, 6.45) is 0. The highest BCUT2D eigenvalue weighted by Gasteiger charge is 2.18. The number of hydrogen-bond donors (Lipinski definition) is 0. The van der Waals surface area contributed by atoms with Gasteiger partial charge < -0.3 is 0 Å². The molecule has 0 fully saturated rings. The Bertz CT molecular complexity index is 690. The highest BCUT2D eigenvalue weighted by atomic mass is 16.2. The van der Waals surface area contributed by atoms with Crippen LogP contribution in [0.25, 0.3) is 0 Å².